The van der Waals surface area contributed by atoms with Gasteiger partial charge in [-0.15, -0.1) is 0 Å². The second-order valence-corrected chi connectivity index (χ2v) is 6.02. The van der Waals surface area contributed by atoms with E-state index in [4.69, 9.17) is 10.00 Å². The van der Waals surface area contributed by atoms with Crippen LogP contribution in [0.4, 0.5) is 24.5 Å². The number of hydrogen-bond acceptors (Lipinski definition) is 4. The fourth-order valence-corrected chi connectivity index (χ4v) is 2.84. The van der Waals surface area contributed by atoms with Gasteiger partial charge in [-0.05, 0) is 36.4 Å². The van der Waals surface area contributed by atoms with Gasteiger partial charge in [0.15, 0.2) is 6.61 Å². The summed E-state index contributed by atoms with van der Waals surface area (Å²) in [5.74, 6) is -1.55. The van der Waals surface area contributed by atoms with Crippen LogP contribution in [0.25, 0.3) is 0 Å². The Labute approximate surface area is 158 Å². The summed E-state index contributed by atoms with van der Waals surface area (Å²) in [5, 5.41) is 11.2. The Morgan fingerprint density at radius 2 is 1.89 bits per heavy atom. The molecule has 2 aromatic rings. The van der Waals surface area contributed by atoms with Crippen LogP contribution in [0.3, 0.4) is 0 Å². The van der Waals surface area contributed by atoms with E-state index in [0.717, 1.165) is 0 Å². The van der Waals surface area contributed by atoms with E-state index in [0.29, 0.717) is 10.5 Å². The molecule has 0 fully saturated rings. The Bertz CT molecular complexity index is 936. The van der Waals surface area contributed by atoms with Crippen molar-refractivity contribution in [2.45, 2.75) is 18.6 Å². The molecule has 0 bridgehead atoms. The van der Waals surface area contributed by atoms with E-state index in [1.807, 2.05) is 6.07 Å². The number of amides is 2. The van der Waals surface area contributed by atoms with Crippen molar-refractivity contribution in [2.75, 3.05) is 16.8 Å². The van der Waals surface area contributed by atoms with E-state index in [-0.39, 0.29) is 17.1 Å². The number of halogens is 3. The van der Waals surface area contributed by atoms with Crippen LogP contribution in [0.2, 0.25) is 0 Å². The number of ether oxygens (including phenoxy) is 1. The van der Waals surface area contributed by atoms with Gasteiger partial charge in [0.1, 0.15) is 11.8 Å². The van der Waals surface area contributed by atoms with Gasteiger partial charge in [0, 0.05) is 0 Å². The second-order valence-electron chi connectivity index (χ2n) is 6.02. The highest BCUT2D eigenvalue weighted by Crippen LogP contribution is 2.37. The molecule has 1 N–H and O–H groups in total. The Hall–Kier alpha value is -3.54. The zero-order chi connectivity index (χ0) is 20.3. The molecule has 0 spiro atoms. The van der Waals surface area contributed by atoms with Crippen molar-refractivity contribution in [1.29, 1.82) is 5.26 Å². The van der Waals surface area contributed by atoms with Gasteiger partial charge >= 0.3 is 6.18 Å². The Kier molecular flexibility index (Phi) is 5.22. The van der Waals surface area contributed by atoms with Crippen molar-refractivity contribution >= 4 is 23.2 Å². The van der Waals surface area contributed by atoms with Crippen LogP contribution in [0.5, 0.6) is 5.75 Å². The lowest BCUT2D eigenvalue weighted by atomic mass is 10.1. The van der Waals surface area contributed by atoms with Crippen LogP contribution in [0.15, 0.2) is 48.5 Å². The Morgan fingerprint density at radius 3 is 2.54 bits per heavy atom. The van der Waals surface area contributed by atoms with Gasteiger partial charge in [-0.3, -0.25) is 14.5 Å². The van der Waals surface area contributed by atoms with Gasteiger partial charge in [-0.25, -0.2) is 0 Å². The number of hydrogen-bond donors (Lipinski definition) is 1. The molecule has 3 rings (SSSR count). The van der Waals surface area contributed by atoms with Gasteiger partial charge in [0.25, 0.3) is 5.91 Å². The fourth-order valence-electron chi connectivity index (χ4n) is 2.84. The molecule has 1 aliphatic rings. The molecule has 2 aromatic carbocycles. The summed E-state index contributed by atoms with van der Waals surface area (Å²) < 4.78 is 46.1. The summed E-state index contributed by atoms with van der Waals surface area (Å²) in [7, 11) is 0. The van der Waals surface area contributed by atoms with Crippen LogP contribution < -0.4 is 15.0 Å². The van der Waals surface area contributed by atoms with Crippen molar-refractivity contribution < 1.29 is 27.5 Å². The molecule has 1 atom stereocenters. The maximum Gasteiger partial charge on any atom is 0.409 e. The molecule has 144 valence electrons. The van der Waals surface area contributed by atoms with Crippen molar-refractivity contribution in [3.05, 3.63) is 54.1 Å². The first-order chi connectivity index (χ1) is 13.3. The summed E-state index contributed by atoms with van der Waals surface area (Å²) in [5.41, 5.74) is 0.442. The largest absolute Gasteiger partial charge is 0.484 e. The number of anilines is 2. The van der Waals surface area contributed by atoms with Crippen LogP contribution in [0.1, 0.15) is 12.0 Å². The molecule has 0 saturated carbocycles. The molecule has 1 aliphatic heterocycles. The third-order valence-corrected chi connectivity index (χ3v) is 4.12. The molecule has 2 amide bonds. The number of nitrogens with zero attached hydrogens (tertiary/aromatic N) is 2. The van der Waals surface area contributed by atoms with Crippen molar-refractivity contribution in [3.8, 4) is 11.8 Å². The van der Waals surface area contributed by atoms with E-state index in [1.165, 1.54) is 42.5 Å². The first-order valence-corrected chi connectivity index (χ1v) is 8.20. The normalized spacial score (nSPS) is 16.4. The molecule has 28 heavy (non-hydrogen) atoms. The van der Waals surface area contributed by atoms with E-state index >= 15 is 0 Å². The van der Waals surface area contributed by atoms with Crippen LogP contribution >= 0.6 is 0 Å². The molecule has 9 heteroatoms. The van der Waals surface area contributed by atoms with Crippen molar-refractivity contribution in [2.24, 2.45) is 0 Å². The van der Waals surface area contributed by atoms with Gasteiger partial charge < -0.3 is 10.1 Å². The molecule has 0 radical (unpaired) electrons. The minimum atomic E-state index is -4.81. The predicted octanol–water partition coefficient (Wildman–Crippen LogP) is 3.24. The fraction of sp³-hybridized carbons (Fsp3) is 0.211. The Balaban J connectivity index is 1.89. The highest BCUT2D eigenvalue weighted by molar-refractivity contribution is 6.05. The zero-order valence-electron chi connectivity index (χ0n) is 14.4. The summed E-state index contributed by atoms with van der Waals surface area (Å²) in [6, 6.07) is 11.2. The third kappa shape index (κ3) is 4.06. The average Bonchev–Trinajstić information content (AvgIpc) is 2.82. The summed E-state index contributed by atoms with van der Waals surface area (Å²) in [4.78, 5) is 25.1. The molecule has 6 nitrogen and oxygen atoms in total. The van der Waals surface area contributed by atoms with Gasteiger partial charge in [0.05, 0.1) is 29.4 Å². The van der Waals surface area contributed by atoms with E-state index in [1.54, 1.807) is 6.07 Å². The minimum absolute atomic E-state index is 0.0518. The number of nitrogens with one attached hydrogen (secondary N) is 1. The summed E-state index contributed by atoms with van der Waals surface area (Å²) in [6.45, 7) is -0.666. The SMILES string of the molecule is N#Cc1ccc(OCC(=O)N2c3ccccc3NC(=O)C[C@@H]2C(F)(F)F)cc1. The molecule has 1 heterocycles. The topological polar surface area (TPSA) is 82.4 Å². The van der Waals surface area contributed by atoms with Crippen molar-refractivity contribution in [3.63, 3.8) is 0 Å². The number of rotatable bonds is 3. The standard InChI is InChI=1S/C19H14F3N3O3/c20-19(21,22)16-9-17(26)24-14-3-1-2-4-15(14)25(16)18(27)11-28-13-7-5-12(10-23)6-8-13/h1-8,16H,9,11H2,(H,24,26)/t16-/m1/s1. The van der Waals surface area contributed by atoms with E-state index in [2.05, 4.69) is 5.32 Å². The lowest BCUT2D eigenvalue weighted by Gasteiger charge is -2.31. The summed E-state index contributed by atoms with van der Waals surface area (Å²) >= 11 is 0. The number of fused-ring (bicyclic) bond motifs is 1. The van der Waals surface area contributed by atoms with Gasteiger partial charge in [-0.2, -0.15) is 18.4 Å². The number of para-hydroxylation sites is 2. The smallest absolute Gasteiger partial charge is 0.409 e. The maximum atomic E-state index is 13.6. The molecular weight excluding hydrogens is 375 g/mol. The zero-order valence-corrected chi connectivity index (χ0v) is 14.4. The minimum Gasteiger partial charge on any atom is -0.484 e. The second kappa shape index (κ2) is 7.60. The number of benzene rings is 2. The molecular formula is C19H14F3N3O3. The third-order valence-electron chi connectivity index (χ3n) is 4.12. The quantitative estimate of drug-likeness (QED) is 0.874. The maximum absolute atomic E-state index is 13.6. The highest BCUT2D eigenvalue weighted by Gasteiger charge is 2.49. The van der Waals surface area contributed by atoms with Crippen molar-refractivity contribution in [1.82, 2.24) is 0 Å². The monoisotopic (exact) mass is 389 g/mol. The van der Waals surface area contributed by atoms with Crippen LogP contribution in [-0.4, -0.2) is 30.6 Å². The molecule has 0 saturated heterocycles. The molecule has 0 aliphatic carbocycles. The lowest BCUT2D eigenvalue weighted by molar-refractivity contribution is -0.158. The number of carbonyl (C=O) groups is 2. The first kappa shape index (κ1) is 19.2. The van der Waals surface area contributed by atoms with Crippen LogP contribution in [0, 0.1) is 11.3 Å². The first-order valence-electron chi connectivity index (χ1n) is 8.20. The molecule has 0 unspecified atom stereocenters. The number of carbonyl (C=O) groups excluding carboxylic acids is 2. The average molecular weight is 389 g/mol. The number of nitriles is 1. The summed E-state index contributed by atoms with van der Waals surface area (Å²) in [6.07, 6.45) is -5.72. The highest BCUT2D eigenvalue weighted by atomic mass is 19.4. The van der Waals surface area contributed by atoms with Crippen LogP contribution in [-0.2, 0) is 9.59 Å². The van der Waals surface area contributed by atoms with E-state index < -0.39 is 37.1 Å². The van der Waals surface area contributed by atoms with Gasteiger partial charge in [-0.1, -0.05) is 12.1 Å². The van der Waals surface area contributed by atoms with E-state index in [9.17, 15) is 22.8 Å². The number of alkyl halides is 3. The van der Waals surface area contributed by atoms with Gasteiger partial charge in [0.2, 0.25) is 5.91 Å². The lowest BCUT2D eigenvalue weighted by Crippen LogP contribution is -2.51. The molecule has 0 aromatic heterocycles. The predicted molar refractivity (Wildman–Crippen MR) is 93.7 cm³/mol. The Morgan fingerprint density at radius 1 is 1.21 bits per heavy atom.